The van der Waals surface area contributed by atoms with E-state index < -0.39 is 0 Å². The Balaban J connectivity index is 1.72. The summed E-state index contributed by atoms with van der Waals surface area (Å²) in [4.78, 5) is 2.62. The van der Waals surface area contributed by atoms with E-state index in [2.05, 4.69) is 30.9 Å². The Bertz CT molecular complexity index is 326. The number of nitrogens with zero attached hydrogens (tertiary/aromatic N) is 1. The Morgan fingerprint density at radius 2 is 1.77 bits per heavy atom. The summed E-state index contributed by atoms with van der Waals surface area (Å²) >= 11 is 0. The zero-order chi connectivity index (χ0) is 15.8. The maximum Gasteiger partial charge on any atom is 0.0693 e. The lowest BCUT2D eigenvalue weighted by atomic mass is 9.84. The summed E-state index contributed by atoms with van der Waals surface area (Å²) in [5, 5.41) is 10.2. The van der Waals surface area contributed by atoms with Crippen molar-refractivity contribution in [2.24, 2.45) is 0 Å². The van der Waals surface area contributed by atoms with Crippen molar-refractivity contribution in [3.63, 3.8) is 0 Å². The van der Waals surface area contributed by atoms with Gasteiger partial charge < -0.3 is 5.11 Å². The van der Waals surface area contributed by atoms with Gasteiger partial charge in [0.1, 0.15) is 0 Å². The first kappa shape index (κ1) is 18.0. The quantitative estimate of drug-likeness (QED) is 0.500. The number of fused-ring (bicyclic) bond motifs is 1. The van der Waals surface area contributed by atoms with Crippen molar-refractivity contribution in [2.45, 2.75) is 115 Å². The third-order valence-electron chi connectivity index (χ3n) is 5.75. The molecular weight excluding hydrogens is 270 g/mol. The van der Waals surface area contributed by atoms with E-state index in [4.69, 9.17) is 0 Å². The van der Waals surface area contributed by atoms with Crippen LogP contribution in [-0.2, 0) is 0 Å². The summed E-state index contributed by atoms with van der Waals surface area (Å²) in [5.41, 5.74) is 0. The van der Waals surface area contributed by atoms with Crippen molar-refractivity contribution < 1.29 is 5.11 Å². The van der Waals surface area contributed by atoms with Gasteiger partial charge >= 0.3 is 0 Å². The second-order valence-electron chi connectivity index (χ2n) is 7.47. The lowest BCUT2D eigenvalue weighted by Crippen LogP contribution is -2.57. The topological polar surface area (TPSA) is 23.5 Å². The zero-order valence-corrected chi connectivity index (χ0v) is 14.8. The monoisotopic (exact) mass is 307 g/mol. The molecule has 2 fully saturated rings. The van der Waals surface area contributed by atoms with Crippen LogP contribution in [0.4, 0.5) is 0 Å². The molecule has 22 heavy (non-hydrogen) atoms. The normalized spacial score (nSPS) is 33.2. The molecule has 0 unspecified atom stereocenters. The molecule has 2 aliphatic rings. The van der Waals surface area contributed by atoms with E-state index in [-0.39, 0.29) is 6.10 Å². The van der Waals surface area contributed by atoms with Crippen LogP contribution >= 0.6 is 0 Å². The van der Waals surface area contributed by atoms with E-state index >= 15 is 0 Å². The van der Waals surface area contributed by atoms with Crippen LogP contribution in [0, 0.1) is 0 Å². The second-order valence-corrected chi connectivity index (χ2v) is 7.47. The van der Waals surface area contributed by atoms with E-state index in [9.17, 15) is 5.11 Å². The molecule has 0 radical (unpaired) electrons. The van der Waals surface area contributed by atoms with Gasteiger partial charge in [-0.05, 0) is 45.4 Å². The van der Waals surface area contributed by atoms with Gasteiger partial charge in [-0.1, -0.05) is 57.6 Å². The molecule has 128 valence electrons. The smallest absolute Gasteiger partial charge is 0.0693 e. The number of hydrogen-bond acceptors (Lipinski definition) is 2. The van der Waals surface area contributed by atoms with Crippen LogP contribution in [0.25, 0.3) is 0 Å². The van der Waals surface area contributed by atoms with Gasteiger partial charge in [-0.25, -0.2) is 0 Å². The van der Waals surface area contributed by atoms with E-state index in [1.807, 2.05) is 0 Å². The van der Waals surface area contributed by atoms with Gasteiger partial charge in [-0.15, -0.1) is 0 Å². The lowest BCUT2D eigenvalue weighted by Gasteiger charge is -2.49. The first-order valence-corrected chi connectivity index (χ1v) is 9.86. The first-order chi connectivity index (χ1) is 10.7. The molecule has 0 amide bonds. The molecule has 2 aliphatic heterocycles. The molecule has 0 spiro atoms. The number of aliphatic hydroxyl groups excluding tert-OH is 1. The molecule has 0 aromatic rings. The van der Waals surface area contributed by atoms with Gasteiger partial charge in [0.25, 0.3) is 0 Å². The minimum atomic E-state index is -0.121. The third kappa shape index (κ3) is 5.09. The van der Waals surface area contributed by atoms with Crippen molar-refractivity contribution in [1.82, 2.24) is 4.90 Å². The van der Waals surface area contributed by atoms with E-state index in [0.717, 1.165) is 12.5 Å². The van der Waals surface area contributed by atoms with Gasteiger partial charge in [-0.3, -0.25) is 4.90 Å². The van der Waals surface area contributed by atoms with Crippen molar-refractivity contribution in [1.29, 1.82) is 0 Å². The largest absolute Gasteiger partial charge is 0.392 e. The highest BCUT2D eigenvalue weighted by molar-refractivity contribution is 5.03. The predicted octanol–water partition coefficient (Wildman–Crippen LogP) is 5.06. The van der Waals surface area contributed by atoms with E-state index in [1.165, 1.54) is 70.6 Å². The Kier molecular flexibility index (Phi) is 7.96. The van der Waals surface area contributed by atoms with Gasteiger partial charge in [0.05, 0.1) is 6.10 Å². The van der Waals surface area contributed by atoms with Crippen molar-refractivity contribution >= 4 is 0 Å². The summed E-state index contributed by atoms with van der Waals surface area (Å²) < 4.78 is 0. The summed E-state index contributed by atoms with van der Waals surface area (Å²) in [6.45, 7) is 4.50. The van der Waals surface area contributed by atoms with Crippen LogP contribution < -0.4 is 0 Å². The number of rotatable bonds is 8. The molecule has 0 aromatic heterocycles. The highest BCUT2D eigenvalue weighted by Crippen LogP contribution is 2.34. The fourth-order valence-corrected chi connectivity index (χ4v) is 4.35. The van der Waals surface area contributed by atoms with Gasteiger partial charge in [-0.2, -0.15) is 0 Å². The number of unbranched alkanes of at least 4 members (excludes halogenated alkanes) is 6. The second kappa shape index (κ2) is 9.72. The summed E-state index contributed by atoms with van der Waals surface area (Å²) in [6.07, 6.45) is 20.4. The third-order valence-corrected chi connectivity index (χ3v) is 5.75. The fraction of sp³-hybridized carbons (Fsp3) is 0.900. The van der Waals surface area contributed by atoms with Crippen LogP contribution in [0.2, 0.25) is 0 Å². The van der Waals surface area contributed by atoms with Crippen molar-refractivity contribution in [2.75, 3.05) is 0 Å². The summed E-state index contributed by atoms with van der Waals surface area (Å²) in [5.74, 6) is 0. The standard InChI is InChI=1S/C20H37NO/c1-3-4-5-6-7-8-9-10-12-18-13-11-14-19-15-16-20(22)17(2)21(18)19/h10,12,17-20,22H,3-9,11,13-16H2,1-2H3/b12-10+/t17-,18-,19+,20+/m0/s1. The van der Waals surface area contributed by atoms with Gasteiger partial charge in [0.15, 0.2) is 0 Å². The molecule has 1 N–H and O–H groups in total. The average Bonchev–Trinajstić information content (AvgIpc) is 2.53. The minimum absolute atomic E-state index is 0.121. The van der Waals surface area contributed by atoms with Crippen LogP contribution in [0.3, 0.4) is 0 Å². The Hall–Kier alpha value is -0.340. The highest BCUT2D eigenvalue weighted by Gasteiger charge is 2.38. The van der Waals surface area contributed by atoms with Gasteiger partial charge in [0.2, 0.25) is 0 Å². The number of hydrogen-bond donors (Lipinski definition) is 1. The maximum atomic E-state index is 10.2. The maximum absolute atomic E-state index is 10.2. The number of aliphatic hydroxyl groups is 1. The Labute approximate surface area is 138 Å². The Morgan fingerprint density at radius 1 is 1.00 bits per heavy atom. The number of allylic oxidation sites excluding steroid dienone is 1. The van der Waals surface area contributed by atoms with Crippen LogP contribution in [0.5, 0.6) is 0 Å². The molecule has 2 heteroatoms. The number of piperidine rings is 2. The first-order valence-electron chi connectivity index (χ1n) is 9.86. The molecule has 0 aliphatic carbocycles. The van der Waals surface area contributed by atoms with Crippen molar-refractivity contribution in [3.8, 4) is 0 Å². The summed E-state index contributed by atoms with van der Waals surface area (Å²) in [6, 6.07) is 1.63. The van der Waals surface area contributed by atoms with Gasteiger partial charge in [0, 0.05) is 18.1 Å². The highest BCUT2D eigenvalue weighted by atomic mass is 16.3. The fourth-order valence-electron chi connectivity index (χ4n) is 4.35. The molecule has 2 nitrogen and oxygen atoms in total. The lowest BCUT2D eigenvalue weighted by molar-refractivity contribution is -0.0461. The van der Waals surface area contributed by atoms with Crippen LogP contribution in [-0.4, -0.2) is 34.2 Å². The molecule has 0 saturated carbocycles. The van der Waals surface area contributed by atoms with Crippen LogP contribution in [0.15, 0.2) is 12.2 Å². The van der Waals surface area contributed by atoms with E-state index in [0.29, 0.717) is 12.1 Å². The Morgan fingerprint density at radius 3 is 2.59 bits per heavy atom. The van der Waals surface area contributed by atoms with Crippen molar-refractivity contribution in [3.05, 3.63) is 12.2 Å². The predicted molar refractivity (Wildman–Crippen MR) is 95.1 cm³/mol. The molecule has 2 heterocycles. The molecule has 0 bridgehead atoms. The average molecular weight is 308 g/mol. The van der Waals surface area contributed by atoms with Crippen LogP contribution in [0.1, 0.15) is 90.9 Å². The molecule has 2 saturated heterocycles. The molecule has 2 rings (SSSR count). The molecule has 4 atom stereocenters. The summed E-state index contributed by atoms with van der Waals surface area (Å²) in [7, 11) is 0. The zero-order valence-electron chi connectivity index (χ0n) is 14.8. The molecular formula is C20H37NO. The molecule has 0 aromatic carbocycles. The van der Waals surface area contributed by atoms with E-state index in [1.54, 1.807) is 0 Å². The SMILES string of the molecule is CCCCCCCC/C=C/[C@H]1CCC[C@@H]2CC[C@@H](O)[C@H](C)N21. The minimum Gasteiger partial charge on any atom is -0.392 e.